The lowest BCUT2D eigenvalue weighted by Gasteiger charge is -2.23. The van der Waals surface area contributed by atoms with Crippen molar-refractivity contribution in [1.29, 1.82) is 0 Å². The summed E-state index contributed by atoms with van der Waals surface area (Å²) in [6.45, 7) is 4.65. The Morgan fingerprint density at radius 3 is 2.45 bits per heavy atom. The highest BCUT2D eigenvalue weighted by molar-refractivity contribution is 14.1. The number of carbonyl (C=O) groups is 1. The maximum Gasteiger partial charge on any atom is 0.337 e. The molecule has 0 unspecified atom stereocenters. The summed E-state index contributed by atoms with van der Waals surface area (Å²) in [4.78, 5) is 31.5. The third-order valence-corrected chi connectivity index (χ3v) is 7.39. The van der Waals surface area contributed by atoms with Gasteiger partial charge in [0.15, 0.2) is 27.8 Å². The average Bonchev–Trinajstić information content (AvgIpc) is 3.23. The Labute approximate surface area is 237 Å². The third-order valence-electron chi connectivity index (χ3n) is 5.77. The van der Waals surface area contributed by atoms with Gasteiger partial charge in [-0.25, -0.2) is 9.79 Å². The van der Waals surface area contributed by atoms with Gasteiger partial charge in [0, 0.05) is 15.3 Å². The minimum absolute atomic E-state index is 0.228. The minimum Gasteiger partial charge on any atom is -0.493 e. The van der Waals surface area contributed by atoms with Crippen molar-refractivity contribution in [3.8, 4) is 23.0 Å². The van der Waals surface area contributed by atoms with Crippen molar-refractivity contribution in [2.75, 3.05) is 34.5 Å². The molecular weight excluding hydrogens is 623 g/mol. The van der Waals surface area contributed by atoms with E-state index in [1.165, 1.54) is 29.2 Å². The Balaban J connectivity index is 1.94. The number of thiazole rings is 1. The molecule has 11 heteroatoms. The van der Waals surface area contributed by atoms with E-state index in [4.69, 9.17) is 23.7 Å². The summed E-state index contributed by atoms with van der Waals surface area (Å²) in [6, 6.07) is 8.35. The molecule has 1 aliphatic heterocycles. The molecule has 0 radical (unpaired) electrons. The summed E-state index contributed by atoms with van der Waals surface area (Å²) in [7, 11) is 4.41. The van der Waals surface area contributed by atoms with Gasteiger partial charge in [0.1, 0.15) is 0 Å². The van der Waals surface area contributed by atoms with Crippen LogP contribution in [0.5, 0.6) is 23.0 Å². The molecule has 0 saturated carbocycles. The molecule has 0 bridgehead atoms. The smallest absolute Gasteiger partial charge is 0.337 e. The largest absolute Gasteiger partial charge is 0.493 e. The van der Waals surface area contributed by atoms with E-state index in [1.807, 2.05) is 32.0 Å². The molecule has 0 aliphatic carbocycles. The predicted molar refractivity (Wildman–Crippen MR) is 152 cm³/mol. The number of halogens is 1. The minimum atomic E-state index is -0.775. The number of methoxy groups -OCH3 is 3. The van der Waals surface area contributed by atoms with Crippen LogP contribution in [-0.4, -0.2) is 45.1 Å². The summed E-state index contributed by atoms with van der Waals surface area (Å²) < 4.78 is 30.4. The van der Waals surface area contributed by atoms with Crippen LogP contribution in [0.25, 0.3) is 6.08 Å². The van der Waals surface area contributed by atoms with Crippen LogP contribution in [0, 0.1) is 3.57 Å². The van der Waals surface area contributed by atoms with Crippen molar-refractivity contribution in [1.82, 2.24) is 4.57 Å². The van der Waals surface area contributed by atoms with E-state index in [9.17, 15) is 9.59 Å². The average molecular weight is 650 g/mol. The van der Waals surface area contributed by atoms with E-state index in [-0.39, 0.29) is 11.1 Å². The van der Waals surface area contributed by atoms with E-state index >= 15 is 0 Å². The zero-order chi connectivity index (χ0) is 27.4. The van der Waals surface area contributed by atoms with E-state index in [1.54, 1.807) is 32.4 Å². The molecule has 0 N–H and O–H groups in total. The summed E-state index contributed by atoms with van der Waals surface area (Å²) >= 11 is 3.40. The molecule has 0 fully saturated rings. The first-order chi connectivity index (χ1) is 18.4. The molecule has 200 valence electrons. The van der Waals surface area contributed by atoms with E-state index in [2.05, 4.69) is 27.6 Å². The third kappa shape index (κ3) is 5.30. The molecule has 0 amide bonds. The lowest BCUT2D eigenvalue weighted by atomic mass is 9.97. The van der Waals surface area contributed by atoms with Crippen LogP contribution in [0.3, 0.4) is 0 Å². The van der Waals surface area contributed by atoms with E-state index in [0.717, 1.165) is 3.57 Å². The molecule has 4 rings (SSSR count). The molecule has 1 atom stereocenters. The number of hydrogen-bond donors (Lipinski definition) is 0. The van der Waals surface area contributed by atoms with Crippen LogP contribution in [0.2, 0.25) is 0 Å². The lowest BCUT2D eigenvalue weighted by Crippen LogP contribution is -2.39. The van der Waals surface area contributed by atoms with Crippen LogP contribution in [0.4, 0.5) is 0 Å². The number of ether oxygens (including phenoxy) is 5. The first-order valence-corrected chi connectivity index (χ1v) is 13.7. The Bertz CT molecular complexity index is 1580. The highest BCUT2D eigenvalue weighted by Gasteiger charge is 2.31. The molecule has 0 saturated heterocycles. The highest BCUT2D eigenvalue weighted by Crippen LogP contribution is 2.36. The second kappa shape index (κ2) is 12.0. The number of esters is 1. The zero-order valence-electron chi connectivity index (χ0n) is 21.6. The first-order valence-electron chi connectivity index (χ1n) is 11.8. The standard InChI is InChI=1S/C27H27IN2O7S/c1-6-36-19-9-8-15(11-20(19)37-7-2)23-18(26(32)35-5)14-29-27-30(23)25(31)22(38-27)12-16-10-17(28)13-21(33-3)24(16)34-4/h8-14,23H,6-7H2,1-5H3/b22-12+/t23-/m0/s1. The van der Waals surface area contributed by atoms with Crippen molar-refractivity contribution >= 4 is 46.0 Å². The van der Waals surface area contributed by atoms with Gasteiger partial charge in [-0.15, -0.1) is 0 Å². The van der Waals surface area contributed by atoms with Gasteiger partial charge in [-0.1, -0.05) is 17.4 Å². The maximum absolute atomic E-state index is 13.9. The fourth-order valence-corrected chi connectivity index (χ4v) is 5.77. The van der Waals surface area contributed by atoms with Gasteiger partial charge in [0.2, 0.25) is 0 Å². The molecule has 1 aromatic heterocycles. The highest BCUT2D eigenvalue weighted by atomic mass is 127. The lowest BCUT2D eigenvalue weighted by molar-refractivity contribution is -0.136. The van der Waals surface area contributed by atoms with Gasteiger partial charge in [-0.2, -0.15) is 0 Å². The fraction of sp³-hybridized carbons (Fsp3) is 0.296. The van der Waals surface area contributed by atoms with Crippen molar-refractivity contribution in [2.45, 2.75) is 19.9 Å². The van der Waals surface area contributed by atoms with Gasteiger partial charge in [-0.05, 0) is 72.3 Å². The number of benzene rings is 2. The molecule has 3 aromatic rings. The summed E-state index contributed by atoms with van der Waals surface area (Å²) in [5, 5.41) is 0. The molecule has 0 spiro atoms. The van der Waals surface area contributed by atoms with Gasteiger partial charge >= 0.3 is 5.97 Å². The quantitative estimate of drug-likeness (QED) is 0.259. The Morgan fingerprint density at radius 2 is 1.79 bits per heavy atom. The number of nitrogens with zero attached hydrogens (tertiary/aromatic N) is 2. The van der Waals surface area contributed by atoms with Crippen LogP contribution >= 0.6 is 33.9 Å². The molecule has 1 aliphatic rings. The van der Waals surface area contributed by atoms with E-state index in [0.29, 0.717) is 56.7 Å². The second-order valence-electron chi connectivity index (χ2n) is 7.98. The number of fused-ring (bicyclic) bond motifs is 1. The van der Waals surface area contributed by atoms with E-state index < -0.39 is 12.0 Å². The maximum atomic E-state index is 13.9. The van der Waals surface area contributed by atoms with Gasteiger partial charge in [0.05, 0.1) is 50.7 Å². The number of rotatable bonds is 9. The van der Waals surface area contributed by atoms with Crippen LogP contribution in [0.15, 0.2) is 51.9 Å². The number of hydrogen-bond acceptors (Lipinski definition) is 9. The molecule has 38 heavy (non-hydrogen) atoms. The molecular formula is C27H27IN2O7S. The fourth-order valence-electron chi connectivity index (χ4n) is 4.19. The monoisotopic (exact) mass is 650 g/mol. The Kier molecular flexibility index (Phi) is 8.77. The molecule has 2 heterocycles. The predicted octanol–water partition coefficient (Wildman–Crippen LogP) is 3.44. The molecule has 2 aromatic carbocycles. The summed E-state index contributed by atoms with van der Waals surface area (Å²) in [5.74, 6) is 1.59. The first kappa shape index (κ1) is 27.7. The van der Waals surface area contributed by atoms with Crippen molar-refractivity contribution in [3.63, 3.8) is 0 Å². The second-order valence-corrected chi connectivity index (χ2v) is 10.2. The molecule has 9 nitrogen and oxygen atoms in total. The van der Waals surface area contributed by atoms with Crippen molar-refractivity contribution < 1.29 is 28.5 Å². The Hall–Kier alpha value is -3.32. The SMILES string of the molecule is CCOc1ccc([C@H]2C(C(=O)OC)=CN=c3s/c(=C/c4cc(I)cc(OC)c4OC)c(=O)n32)cc1OCC. The van der Waals surface area contributed by atoms with Crippen LogP contribution in [0.1, 0.15) is 31.0 Å². The van der Waals surface area contributed by atoms with Gasteiger partial charge in [-0.3, -0.25) is 9.36 Å². The van der Waals surface area contributed by atoms with Crippen molar-refractivity contribution in [3.05, 3.63) is 76.5 Å². The van der Waals surface area contributed by atoms with Crippen molar-refractivity contribution in [2.24, 2.45) is 4.99 Å². The van der Waals surface area contributed by atoms with Gasteiger partial charge in [0.25, 0.3) is 5.56 Å². The zero-order valence-corrected chi connectivity index (χ0v) is 24.5. The summed E-state index contributed by atoms with van der Waals surface area (Å²) in [5.41, 5.74) is 1.26. The van der Waals surface area contributed by atoms with Crippen LogP contribution in [-0.2, 0) is 9.53 Å². The summed E-state index contributed by atoms with van der Waals surface area (Å²) in [6.07, 6.45) is 3.20. The normalized spacial score (nSPS) is 14.7. The van der Waals surface area contributed by atoms with Crippen LogP contribution < -0.4 is 33.8 Å². The topological polar surface area (TPSA) is 97.6 Å². The Morgan fingerprint density at radius 1 is 1.05 bits per heavy atom. The number of aromatic nitrogens is 1. The number of carbonyl (C=O) groups excluding carboxylic acids is 1. The van der Waals surface area contributed by atoms with Gasteiger partial charge < -0.3 is 23.7 Å².